The minimum absolute atomic E-state index is 0.158. The van der Waals surface area contributed by atoms with Gasteiger partial charge in [0, 0.05) is 6.92 Å². The van der Waals surface area contributed by atoms with E-state index in [2.05, 4.69) is 9.47 Å². The van der Waals surface area contributed by atoms with Gasteiger partial charge < -0.3 is 18.9 Å². The molecule has 0 rings (SSSR count). The molecule has 0 saturated heterocycles. The lowest BCUT2D eigenvalue weighted by molar-refractivity contribution is -0.181. The Labute approximate surface area is 122 Å². The maximum atomic E-state index is 11.6. The average Bonchev–Trinajstić information content (AvgIpc) is 2.37. The second-order valence-corrected chi connectivity index (χ2v) is 4.16. The van der Waals surface area contributed by atoms with E-state index in [-0.39, 0.29) is 6.61 Å². The summed E-state index contributed by atoms with van der Waals surface area (Å²) in [5, 5.41) is 0. The van der Waals surface area contributed by atoms with E-state index in [1.165, 1.54) is 20.8 Å². The van der Waals surface area contributed by atoms with Gasteiger partial charge in [-0.25, -0.2) is 14.4 Å². The molecular formula is C13H20O8. The molecule has 0 N–H and O–H groups in total. The van der Waals surface area contributed by atoms with Crippen LogP contribution in [0.15, 0.2) is 0 Å². The van der Waals surface area contributed by atoms with E-state index in [1.54, 1.807) is 6.92 Å². The molecular weight excluding hydrogens is 284 g/mol. The first-order valence-corrected chi connectivity index (χ1v) is 6.43. The molecule has 0 aromatic heterocycles. The van der Waals surface area contributed by atoms with Gasteiger partial charge in [0.1, 0.15) is 0 Å². The fourth-order valence-corrected chi connectivity index (χ4v) is 1.19. The Morgan fingerprint density at radius 3 is 1.52 bits per heavy atom. The first-order valence-electron chi connectivity index (χ1n) is 6.43. The van der Waals surface area contributed by atoms with Crippen LogP contribution in [-0.4, -0.2) is 48.8 Å². The van der Waals surface area contributed by atoms with Crippen molar-refractivity contribution in [1.82, 2.24) is 0 Å². The Bertz CT molecular complexity index is 403. The van der Waals surface area contributed by atoms with Crippen LogP contribution in [0.2, 0.25) is 0 Å². The van der Waals surface area contributed by atoms with Crippen molar-refractivity contribution in [3.8, 4) is 0 Å². The van der Waals surface area contributed by atoms with Gasteiger partial charge in [-0.15, -0.1) is 0 Å². The minimum atomic E-state index is -1.24. The predicted octanol–water partition coefficient (Wildman–Crippen LogP) is 0.364. The van der Waals surface area contributed by atoms with Gasteiger partial charge in [0.15, 0.2) is 18.3 Å². The molecule has 0 aliphatic rings. The van der Waals surface area contributed by atoms with Crippen LogP contribution in [0, 0.1) is 0 Å². The molecule has 0 bridgehead atoms. The zero-order valence-corrected chi connectivity index (χ0v) is 12.7. The van der Waals surface area contributed by atoms with E-state index in [4.69, 9.17) is 9.47 Å². The monoisotopic (exact) mass is 304 g/mol. The number of ether oxygens (including phenoxy) is 4. The lowest BCUT2D eigenvalue weighted by Crippen LogP contribution is -2.36. The van der Waals surface area contributed by atoms with Crippen LogP contribution >= 0.6 is 0 Å². The van der Waals surface area contributed by atoms with Crippen LogP contribution < -0.4 is 0 Å². The Hall–Kier alpha value is -2.12. The number of carbonyl (C=O) groups excluding carboxylic acids is 4. The normalized spacial score (nSPS) is 14.3. The summed E-state index contributed by atoms with van der Waals surface area (Å²) >= 11 is 0. The molecule has 0 radical (unpaired) electrons. The van der Waals surface area contributed by atoms with Gasteiger partial charge in [-0.1, -0.05) is 0 Å². The van der Waals surface area contributed by atoms with Crippen molar-refractivity contribution in [2.75, 3.05) is 6.61 Å². The smallest absolute Gasteiger partial charge is 0.347 e. The van der Waals surface area contributed by atoms with Gasteiger partial charge in [-0.2, -0.15) is 0 Å². The van der Waals surface area contributed by atoms with Crippen LogP contribution in [0.5, 0.6) is 0 Å². The maximum absolute atomic E-state index is 11.6. The van der Waals surface area contributed by atoms with Crippen LogP contribution in [0.25, 0.3) is 0 Å². The molecule has 3 atom stereocenters. The highest BCUT2D eigenvalue weighted by Gasteiger charge is 2.27. The van der Waals surface area contributed by atoms with Crippen LogP contribution in [0.3, 0.4) is 0 Å². The van der Waals surface area contributed by atoms with E-state index >= 15 is 0 Å². The molecule has 0 aliphatic carbocycles. The molecule has 0 aliphatic heterocycles. The quantitative estimate of drug-likeness (QED) is 0.490. The second-order valence-electron chi connectivity index (χ2n) is 4.16. The summed E-state index contributed by atoms with van der Waals surface area (Å²) in [7, 11) is 0. The zero-order chi connectivity index (χ0) is 16.6. The molecule has 0 aromatic rings. The second kappa shape index (κ2) is 8.93. The van der Waals surface area contributed by atoms with Crippen molar-refractivity contribution < 1.29 is 38.1 Å². The highest BCUT2D eigenvalue weighted by Crippen LogP contribution is 2.04. The van der Waals surface area contributed by atoms with Crippen molar-refractivity contribution in [3.05, 3.63) is 0 Å². The number of esters is 4. The number of rotatable bonds is 7. The molecule has 8 nitrogen and oxygen atoms in total. The van der Waals surface area contributed by atoms with Crippen molar-refractivity contribution in [2.45, 2.75) is 52.9 Å². The Kier molecular flexibility index (Phi) is 8.03. The van der Waals surface area contributed by atoms with E-state index in [0.29, 0.717) is 0 Å². The van der Waals surface area contributed by atoms with E-state index < -0.39 is 42.2 Å². The fourth-order valence-electron chi connectivity index (χ4n) is 1.19. The van der Waals surface area contributed by atoms with Crippen LogP contribution in [0.4, 0.5) is 0 Å². The van der Waals surface area contributed by atoms with E-state index in [1.807, 2.05) is 0 Å². The minimum Gasteiger partial charge on any atom is -0.463 e. The van der Waals surface area contributed by atoms with E-state index in [0.717, 1.165) is 6.92 Å². The molecule has 0 amide bonds. The SMILES string of the molecule is CCOC(=O)C(C)OC(=O)C(C)OC(=O)C(C)OC(C)=O. The third kappa shape index (κ3) is 7.28. The van der Waals surface area contributed by atoms with E-state index in [9.17, 15) is 19.2 Å². The third-order valence-electron chi connectivity index (χ3n) is 2.21. The Morgan fingerprint density at radius 2 is 1.14 bits per heavy atom. The van der Waals surface area contributed by atoms with Gasteiger partial charge in [0.2, 0.25) is 0 Å². The number of carbonyl (C=O) groups is 4. The molecule has 0 fully saturated rings. The topological polar surface area (TPSA) is 105 Å². The van der Waals surface area contributed by atoms with Crippen molar-refractivity contribution in [2.24, 2.45) is 0 Å². The first-order chi connectivity index (χ1) is 9.68. The number of hydrogen-bond donors (Lipinski definition) is 0. The molecule has 21 heavy (non-hydrogen) atoms. The van der Waals surface area contributed by atoms with Gasteiger partial charge >= 0.3 is 23.9 Å². The summed E-state index contributed by atoms with van der Waals surface area (Å²) in [5.41, 5.74) is 0. The summed E-state index contributed by atoms with van der Waals surface area (Å²) in [6, 6.07) is 0. The summed E-state index contributed by atoms with van der Waals surface area (Å²) in [5.74, 6) is -3.14. The predicted molar refractivity (Wildman–Crippen MR) is 69.0 cm³/mol. The Morgan fingerprint density at radius 1 is 0.762 bits per heavy atom. The fraction of sp³-hybridized carbons (Fsp3) is 0.692. The molecule has 0 saturated carbocycles. The molecule has 120 valence electrons. The van der Waals surface area contributed by atoms with Gasteiger partial charge in [-0.05, 0) is 27.7 Å². The van der Waals surface area contributed by atoms with Crippen molar-refractivity contribution in [1.29, 1.82) is 0 Å². The lowest BCUT2D eigenvalue weighted by atomic mass is 10.3. The summed E-state index contributed by atoms with van der Waals surface area (Å²) in [6.07, 6.45) is -3.49. The standard InChI is InChI=1S/C13H20O8/c1-6-18-11(15)7(2)20-13(17)9(4)21-12(16)8(3)19-10(5)14/h7-9H,6H2,1-5H3. The first kappa shape index (κ1) is 18.9. The number of hydrogen-bond acceptors (Lipinski definition) is 8. The molecule has 0 heterocycles. The van der Waals surface area contributed by atoms with Gasteiger partial charge in [0.05, 0.1) is 6.61 Å². The molecule has 3 unspecified atom stereocenters. The largest absolute Gasteiger partial charge is 0.463 e. The zero-order valence-electron chi connectivity index (χ0n) is 12.7. The molecule has 0 spiro atoms. The highest BCUT2D eigenvalue weighted by atomic mass is 16.6. The summed E-state index contributed by atoms with van der Waals surface area (Å²) in [4.78, 5) is 45.1. The van der Waals surface area contributed by atoms with Gasteiger partial charge in [-0.3, -0.25) is 4.79 Å². The van der Waals surface area contributed by atoms with Crippen molar-refractivity contribution in [3.63, 3.8) is 0 Å². The third-order valence-corrected chi connectivity index (χ3v) is 2.21. The molecule has 0 aromatic carbocycles. The summed E-state index contributed by atoms with van der Waals surface area (Å²) < 4.78 is 18.8. The highest BCUT2D eigenvalue weighted by molar-refractivity contribution is 5.84. The Balaban J connectivity index is 4.36. The average molecular weight is 304 g/mol. The van der Waals surface area contributed by atoms with Crippen molar-refractivity contribution >= 4 is 23.9 Å². The van der Waals surface area contributed by atoms with Crippen LogP contribution in [-0.2, 0) is 38.1 Å². The lowest BCUT2D eigenvalue weighted by Gasteiger charge is -2.18. The van der Waals surface area contributed by atoms with Gasteiger partial charge in [0.25, 0.3) is 0 Å². The maximum Gasteiger partial charge on any atom is 0.347 e. The van der Waals surface area contributed by atoms with Crippen LogP contribution in [0.1, 0.15) is 34.6 Å². The molecule has 8 heteroatoms. The summed E-state index contributed by atoms with van der Waals surface area (Å²) in [6.45, 7) is 6.84.